The highest BCUT2D eigenvalue weighted by atomic mass is 16.5. The standard InChI is InChI=1S/C20H15N3O2/c21-13-15-7-9-16(10-8-15)14-25-20(18-6-2-4-12-23-18)19(24)17-5-1-3-11-22-17/h1-12,20H,14H2. The smallest absolute Gasteiger partial charge is 0.215 e. The van der Waals surface area contributed by atoms with Gasteiger partial charge in [-0.1, -0.05) is 24.3 Å². The molecule has 3 aromatic rings. The maximum atomic E-state index is 12.8. The van der Waals surface area contributed by atoms with E-state index in [1.54, 1.807) is 67.0 Å². The van der Waals surface area contributed by atoms with Gasteiger partial charge in [0.1, 0.15) is 5.69 Å². The zero-order chi connectivity index (χ0) is 17.5. The first-order valence-corrected chi connectivity index (χ1v) is 7.75. The van der Waals surface area contributed by atoms with Crippen LogP contribution in [0.1, 0.15) is 33.4 Å². The van der Waals surface area contributed by atoms with Crippen LogP contribution in [0.4, 0.5) is 0 Å². The predicted molar refractivity (Wildman–Crippen MR) is 91.5 cm³/mol. The van der Waals surface area contributed by atoms with E-state index in [1.165, 1.54) is 0 Å². The molecular weight excluding hydrogens is 314 g/mol. The van der Waals surface area contributed by atoms with Crippen LogP contribution in [0.3, 0.4) is 0 Å². The molecule has 5 heteroatoms. The minimum atomic E-state index is -0.841. The van der Waals surface area contributed by atoms with Gasteiger partial charge < -0.3 is 4.74 Å². The SMILES string of the molecule is N#Cc1ccc(COC(C(=O)c2ccccn2)c2ccccn2)cc1. The Kier molecular flexibility index (Phi) is 5.25. The van der Waals surface area contributed by atoms with Crippen molar-refractivity contribution in [3.05, 3.63) is 95.6 Å². The van der Waals surface area contributed by atoms with Crippen molar-refractivity contribution in [3.8, 4) is 6.07 Å². The summed E-state index contributed by atoms with van der Waals surface area (Å²) in [5.74, 6) is -0.243. The summed E-state index contributed by atoms with van der Waals surface area (Å²) in [6, 6.07) is 19.6. The van der Waals surface area contributed by atoms with Crippen LogP contribution in [0.25, 0.3) is 0 Å². The molecular formula is C20H15N3O2. The van der Waals surface area contributed by atoms with E-state index in [1.807, 2.05) is 6.07 Å². The monoisotopic (exact) mass is 329 g/mol. The number of aromatic nitrogens is 2. The Hall–Kier alpha value is -3.36. The Labute approximate surface area is 145 Å². The number of carbonyl (C=O) groups is 1. The highest BCUT2D eigenvalue weighted by molar-refractivity contribution is 5.98. The van der Waals surface area contributed by atoms with Gasteiger partial charge in [0.25, 0.3) is 0 Å². The van der Waals surface area contributed by atoms with Crippen LogP contribution in [0.2, 0.25) is 0 Å². The molecule has 1 atom stereocenters. The second-order valence-electron chi connectivity index (χ2n) is 5.33. The molecule has 2 aromatic heterocycles. The zero-order valence-corrected chi connectivity index (χ0v) is 13.4. The third-order valence-electron chi connectivity index (χ3n) is 3.61. The number of hydrogen-bond acceptors (Lipinski definition) is 5. The summed E-state index contributed by atoms with van der Waals surface area (Å²) >= 11 is 0. The summed E-state index contributed by atoms with van der Waals surface area (Å²) in [6.07, 6.45) is 2.36. The van der Waals surface area contributed by atoms with Gasteiger partial charge >= 0.3 is 0 Å². The largest absolute Gasteiger partial charge is 0.359 e. The topological polar surface area (TPSA) is 75.9 Å². The number of Topliss-reactive ketones (excluding diaryl/α,β-unsaturated/α-hetero) is 1. The minimum absolute atomic E-state index is 0.228. The van der Waals surface area contributed by atoms with Crippen molar-refractivity contribution < 1.29 is 9.53 Å². The highest BCUT2D eigenvalue weighted by Crippen LogP contribution is 2.21. The lowest BCUT2D eigenvalue weighted by atomic mass is 10.1. The molecule has 0 fully saturated rings. The fraction of sp³-hybridized carbons (Fsp3) is 0.100. The van der Waals surface area contributed by atoms with Crippen LogP contribution in [-0.4, -0.2) is 15.8 Å². The van der Waals surface area contributed by atoms with Crippen molar-refractivity contribution >= 4 is 5.78 Å². The van der Waals surface area contributed by atoms with Gasteiger partial charge in [-0.3, -0.25) is 14.8 Å². The number of pyridine rings is 2. The van der Waals surface area contributed by atoms with Gasteiger partial charge in [0, 0.05) is 12.4 Å². The van der Waals surface area contributed by atoms with Crippen LogP contribution in [0, 0.1) is 11.3 Å². The molecule has 0 aliphatic carbocycles. The van der Waals surface area contributed by atoms with Crippen LogP contribution in [0.5, 0.6) is 0 Å². The summed E-state index contributed by atoms with van der Waals surface area (Å²) in [4.78, 5) is 21.2. The molecule has 0 bridgehead atoms. The van der Waals surface area contributed by atoms with E-state index in [4.69, 9.17) is 10.00 Å². The number of nitrogens with zero attached hydrogens (tertiary/aromatic N) is 3. The fourth-order valence-corrected chi connectivity index (χ4v) is 2.32. The van der Waals surface area contributed by atoms with E-state index >= 15 is 0 Å². The quantitative estimate of drug-likeness (QED) is 0.647. The van der Waals surface area contributed by atoms with E-state index < -0.39 is 6.10 Å². The maximum absolute atomic E-state index is 12.8. The lowest BCUT2D eigenvalue weighted by Crippen LogP contribution is -2.18. The van der Waals surface area contributed by atoms with Crippen LogP contribution >= 0.6 is 0 Å². The Morgan fingerprint density at radius 2 is 1.72 bits per heavy atom. The second kappa shape index (κ2) is 7.95. The molecule has 2 heterocycles. The first-order chi connectivity index (χ1) is 12.3. The highest BCUT2D eigenvalue weighted by Gasteiger charge is 2.25. The lowest BCUT2D eigenvalue weighted by molar-refractivity contribution is 0.0313. The molecule has 25 heavy (non-hydrogen) atoms. The molecule has 0 aliphatic heterocycles. The molecule has 0 saturated heterocycles. The Morgan fingerprint density at radius 1 is 1.00 bits per heavy atom. The number of carbonyl (C=O) groups excluding carboxylic acids is 1. The minimum Gasteiger partial charge on any atom is -0.359 e. The molecule has 0 radical (unpaired) electrons. The van der Waals surface area contributed by atoms with Crippen molar-refractivity contribution in [2.45, 2.75) is 12.7 Å². The maximum Gasteiger partial charge on any atom is 0.215 e. The van der Waals surface area contributed by atoms with Crippen molar-refractivity contribution in [3.63, 3.8) is 0 Å². The molecule has 0 aliphatic rings. The van der Waals surface area contributed by atoms with Crippen molar-refractivity contribution in [1.82, 2.24) is 9.97 Å². The number of ketones is 1. The lowest BCUT2D eigenvalue weighted by Gasteiger charge is -2.16. The number of hydrogen-bond donors (Lipinski definition) is 0. The van der Waals surface area contributed by atoms with E-state index in [0.29, 0.717) is 17.0 Å². The van der Waals surface area contributed by atoms with Gasteiger partial charge in [0.15, 0.2) is 6.10 Å². The molecule has 1 aromatic carbocycles. The van der Waals surface area contributed by atoms with E-state index in [0.717, 1.165) is 5.56 Å². The fourth-order valence-electron chi connectivity index (χ4n) is 2.32. The van der Waals surface area contributed by atoms with E-state index in [9.17, 15) is 4.79 Å². The van der Waals surface area contributed by atoms with Crippen LogP contribution < -0.4 is 0 Å². The average Bonchev–Trinajstić information content (AvgIpc) is 2.70. The summed E-state index contributed by atoms with van der Waals surface area (Å²) in [5.41, 5.74) is 2.31. The van der Waals surface area contributed by atoms with E-state index in [2.05, 4.69) is 16.0 Å². The van der Waals surface area contributed by atoms with Gasteiger partial charge in [0.05, 0.1) is 23.9 Å². The molecule has 3 rings (SSSR count). The van der Waals surface area contributed by atoms with Crippen LogP contribution in [-0.2, 0) is 11.3 Å². The second-order valence-corrected chi connectivity index (χ2v) is 5.33. The molecule has 1 unspecified atom stereocenters. The van der Waals surface area contributed by atoms with Gasteiger partial charge in [-0.15, -0.1) is 0 Å². The van der Waals surface area contributed by atoms with E-state index in [-0.39, 0.29) is 12.4 Å². The van der Waals surface area contributed by atoms with Crippen molar-refractivity contribution in [1.29, 1.82) is 5.26 Å². The molecule has 5 nitrogen and oxygen atoms in total. The van der Waals surface area contributed by atoms with Gasteiger partial charge in [-0.2, -0.15) is 5.26 Å². The summed E-state index contributed by atoms with van der Waals surface area (Å²) in [6.45, 7) is 0.228. The molecule has 0 spiro atoms. The number of rotatable bonds is 6. The first-order valence-electron chi connectivity index (χ1n) is 7.75. The Morgan fingerprint density at radius 3 is 2.32 bits per heavy atom. The summed E-state index contributed by atoms with van der Waals surface area (Å²) in [5, 5.41) is 8.85. The normalized spacial score (nSPS) is 11.5. The summed E-state index contributed by atoms with van der Waals surface area (Å²) < 4.78 is 5.87. The molecule has 122 valence electrons. The van der Waals surface area contributed by atoms with Gasteiger partial charge in [-0.25, -0.2) is 0 Å². The summed E-state index contributed by atoms with van der Waals surface area (Å²) in [7, 11) is 0. The van der Waals surface area contributed by atoms with Crippen molar-refractivity contribution in [2.75, 3.05) is 0 Å². The predicted octanol–water partition coefficient (Wildman–Crippen LogP) is 3.49. The third-order valence-corrected chi connectivity index (χ3v) is 3.61. The Bertz CT molecular complexity index is 872. The van der Waals surface area contributed by atoms with Gasteiger partial charge in [0.2, 0.25) is 5.78 Å². The molecule has 0 saturated carbocycles. The Balaban J connectivity index is 1.81. The van der Waals surface area contributed by atoms with Crippen LogP contribution in [0.15, 0.2) is 73.1 Å². The van der Waals surface area contributed by atoms with Crippen molar-refractivity contribution in [2.24, 2.45) is 0 Å². The number of nitriles is 1. The van der Waals surface area contributed by atoms with Gasteiger partial charge in [-0.05, 0) is 42.0 Å². The zero-order valence-electron chi connectivity index (χ0n) is 13.4. The average molecular weight is 329 g/mol. The third kappa shape index (κ3) is 4.14. The molecule has 0 amide bonds. The first kappa shape index (κ1) is 16.5. The number of ether oxygens (including phenoxy) is 1. The molecule has 0 N–H and O–H groups in total. The number of benzene rings is 1.